The zero-order valence-corrected chi connectivity index (χ0v) is 11.5. The Kier molecular flexibility index (Phi) is 4.65. The average Bonchev–Trinajstić information content (AvgIpc) is 2.08. The summed E-state index contributed by atoms with van der Waals surface area (Å²) in [7, 11) is 0. The van der Waals surface area contributed by atoms with E-state index >= 15 is 0 Å². The molecule has 0 saturated heterocycles. The Balaban J connectivity index is 2.68. The largest absolute Gasteiger partial charge is 0.493 e. The van der Waals surface area contributed by atoms with Crippen molar-refractivity contribution in [1.82, 2.24) is 0 Å². The molecule has 0 amide bonds. The number of hydrogen-bond donors (Lipinski definition) is 0. The van der Waals surface area contributed by atoms with E-state index in [9.17, 15) is 0 Å². The first-order chi connectivity index (χ1) is 7.00. The highest BCUT2D eigenvalue weighted by molar-refractivity contribution is 9.10. The second kappa shape index (κ2) is 5.55. The molecule has 0 saturated carbocycles. The highest BCUT2D eigenvalue weighted by atomic mass is 79.9. The first-order valence-corrected chi connectivity index (χ1v) is 6.19. The Labute approximate surface area is 101 Å². The summed E-state index contributed by atoms with van der Waals surface area (Å²) in [5.74, 6) is 1.74. The van der Waals surface area contributed by atoms with E-state index in [2.05, 4.69) is 55.8 Å². The molecule has 0 aliphatic heterocycles. The van der Waals surface area contributed by atoms with Crippen LogP contribution in [0.5, 0.6) is 5.75 Å². The number of hydrogen-bond acceptors (Lipinski definition) is 1. The van der Waals surface area contributed by atoms with Gasteiger partial charge in [-0.2, -0.15) is 0 Å². The summed E-state index contributed by atoms with van der Waals surface area (Å²) in [6.45, 7) is 9.40. The maximum absolute atomic E-state index is 5.81. The molecule has 0 unspecified atom stereocenters. The molecule has 0 fully saturated rings. The first kappa shape index (κ1) is 12.6. The summed E-state index contributed by atoms with van der Waals surface area (Å²) in [6.07, 6.45) is 1.11. The summed E-state index contributed by atoms with van der Waals surface area (Å²) in [4.78, 5) is 0. The van der Waals surface area contributed by atoms with E-state index < -0.39 is 0 Å². The minimum atomic E-state index is 0.695. The van der Waals surface area contributed by atoms with E-state index in [1.54, 1.807) is 0 Å². The summed E-state index contributed by atoms with van der Waals surface area (Å²) in [5, 5.41) is 0. The van der Waals surface area contributed by atoms with Crippen LogP contribution < -0.4 is 4.74 Å². The highest BCUT2D eigenvalue weighted by Gasteiger charge is 2.05. The van der Waals surface area contributed by atoms with Crippen LogP contribution in [0.25, 0.3) is 0 Å². The van der Waals surface area contributed by atoms with Crippen LogP contribution in [0.3, 0.4) is 0 Å². The fourth-order valence-corrected chi connectivity index (χ4v) is 2.21. The molecule has 84 valence electrons. The first-order valence-electron chi connectivity index (χ1n) is 5.40. The third-order valence-electron chi connectivity index (χ3n) is 2.37. The van der Waals surface area contributed by atoms with E-state index in [0.717, 1.165) is 23.2 Å². The van der Waals surface area contributed by atoms with Crippen LogP contribution in [0.4, 0.5) is 0 Å². The molecule has 0 heterocycles. The average molecular weight is 271 g/mol. The molecule has 0 bridgehead atoms. The van der Waals surface area contributed by atoms with Crippen LogP contribution >= 0.6 is 15.9 Å². The lowest BCUT2D eigenvalue weighted by Crippen LogP contribution is -2.03. The topological polar surface area (TPSA) is 9.23 Å². The number of rotatable bonds is 4. The van der Waals surface area contributed by atoms with Gasteiger partial charge in [-0.25, -0.2) is 0 Å². The predicted octanol–water partition coefficient (Wildman–Crippen LogP) is 4.49. The van der Waals surface area contributed by atoms with Gasteiger partial charge in [-0.3, -0.25) is 0 Å². The van der Waals surface area contributed by atoms with Gasteiger partial charge in [-0.15, -0.1) is 0 Å². The zero-order chi connectivity index (χ0) is 11.4. The number of aryl methyl sites for hydroxylation is 2. The van der Waals surface area contributed by atoms with Crippen molar-refractivity contribution in [1.29, 1.82) is 0 Å². The van der Waals surface area contributed by atoms with E-state index in [-0.39, 0.29) is 0 Å². The van der Waals surface area contributed by atoms with Crippen molar-refractivity contribution < 1.29 is 4.74 Å². The Morgan fingerprint density at radius 1 is 1.20 bits per heavy atom. The van der Waals surface area contributed by atoms with Gasteiger partial charge >= 0.3 is 0 Å². The van der Waals surface area contributed by atoms with E-state index in [1.807, 2.05) is 0 Å². The van der Waals surface area contributed by atoms with Crippen LogP contribution in [0, 0.1) is 19.8 Å². The summed E-state index contributed by atoms with van der Waals surface area (Å²) < 4.78 is 6.93. The van der Waals surface area contributed by atoms with E-state index in [0.29, 0.717) is 5.92 Å². The van der Waals surface area contributed by atoms with Crippen molar-refractivity contribution in [2.24, 2.45) is 5.92 Å². The number of ether oxygens (including phenoxy) is 1. The molecule has 2 heteroatoms. The molecule has 1 aromatic carbocycles. The van der Waals surface area contributed by atoms with Gasteiger partial charge in [0.1, 0.15) is 5.75 Å². The molecule has 0 N–H and O–H groups in total. The number of halogens is 1. The Bertz CT molecular complexity index is 308. The SMILES string of the molecule is Cc1cc(Br)cc(C)c1OCCC(C)C. The van der Waals surface area contributed by atoms with Crippen molar-refractivity contribution >= 4 is 15.9 Å². The third kappa shape index (κ3) is 3.86. The lowest BCUT2D eigenvalue weighted by atomic mass is 10.1. The minimum absolute atomic E-state index is 0.695. The van der Waals surface area contributed by atoms with Gasteiger partial charge < -0.3 is 4.74 Å². The van der Waals surface area contributed by atoms with Crippen molar-refractivity contribution in [2.45, 2.75) is 34.1 Å². The molecule has 0 radical (unpaired) electrons. The molecule has 0 spiro atoms. The van der Waals surface area contributed by atoms with Crippen LogP contribution in [-0.2, 0) is 0 Å². The maximum Gasteiger partial charge on any atom is 0.125 e. The molecule has 0 atom stereocenters. The Hall–Kier alpha value is -0.500. The van der Waals surface area contributed by atoms with Gasteiger partial charge in [0.2, 0.25) is 0 Å². The molecular formula is C13H19BrO. The molecular weight excluding hydrogens is 252 g/mol. The van der Waals surface area contributed by atoms with Crippen molar-refractivity contribution in [3.8, 4) is 5.75 Å². The van der Waals surface area contributed by atoms with E-state index in [1.165, 1.54) is 11.1 Å². The fourth-order valence-electron chi connectivity index (χ4n) is 1.52. The standard InChI is InChI=1S/C13H19BrO/c1-9(2)5-6-15-13-10(3)7-12(14)8-11(13)4/h7-9H,5-6H2,1-4H3. The lowest BCUT2D eigenvalue weighted by molar-refractivity contribution is 0.286. The smallest absolute Gasteiger partial charge is 0.125 e. The lowest BCUT2D eigenvalue weighted by Gasteiger charge is -2.13. The predicted molar refractivity (Wildman–Crippen MR) is 68.6 cm³/mol. The normalized spacial score (nSPS) is 10.8. The fraction of sp³-hybridized carbons (Fsp3) is 0.538. The molecule has 0 aliphatic carbocycles. The van der Waals surface area contributed by atoms with Gasteiger partial charge in [-0.05, 0) is 49.4 Å². The van der Waals surface area contributed by atoms with Gasteiger partial charge in [-0.1, -0.05) is 29.8 Å². The van der Waals surface area contributed by atoms with Gasteiger partial charge in [0.25, 0.3) is 0 Å². The molecule has 1 aromatic rings. The van der Waals surface area contributed by atoms with Crippen LogP contribution in [0.1, 0.15) is 31.4 Å². The second-order valence-electron chi connectivity index (χ2n) is 4.40. The van der Waals surface area contributed by atoms with Crippen LogP contribution in [0.15, 0.2) is 16.6 Å². The molecule has 1 rings (SSSR count). The van der Waals surface area contributed by atoms with Crippen LogP contribution in [-0.4, -0.2) is 6.61 Å². The molecule has 0 aliphatic rings. The Morgan fingerprint density at radius 2 is 1.73 bits per heavy atom. The molecule has 15 heavy (non-hydrogen) atoms. The summed E-state index contributed by atoms with van der Waals surface area (Å²) >= 11 is 3.48. The zero-order valence-electron chi connectivity index (χ0n) is 9.93. The monoisotopic (exact) mass is 270 g/mol. The maximum atomic E-state index is 5.81. The van der Waals surface area contributed by atoms with Crippen molar-refractivity contribution in [2.75, 3.05) is 6.61 Å². The van der Waals surface area contributed by atoms with Gasteiger partial charge in [0, 0.05) is 4.47 Å². The second-order valence-corrected chi connectivity index (χ2v) is 5.32. The quantitative estimate of drug-likeness (QED) is 0.784. The van der Waals surface area contributed by atoms with Crippen molar-refractivity contribution in [3.05, 3.63) is 27.7 Å². The van der Waals surface area contributed by atoms with Crippen LogP contribution in [0.2, 0.25) is 0 Å². The van der Waals surface area contributed by atoms with E-state index in [4.69, 9.17) is 4.74 Å². The molecule has 1 nitrogen and oxygen atoms in total. The molecule has 0 aromatic heterocycles. The van der Waals surface area contributed by atoms with Gasteiger partial charge in [0.05, 0.1) is 6.61 Å². The summed E-state index contributed by atoms with van der Waals surface area (Å²) in [5.41, 5.74) is 2.40. The third-order valence-corrected chi connectivity index (χ3v) is 2.82. The minimum Gasteiger partial charge on any atom is -0.493 e. The summed E-state index contributed by atoms with van der Waals surface area (Å²) in [6, 6.07) is 4.19. The Morgan fingerprint density at radius 3 is 2.20 bits per heavy atom. The highest BCUT2D eigenvalue weighted by Crippen LogP contribution is 2.27. The number of benzene rings is 1. The van der Waals surface area contributed by atoms with Gasteiger partial charge in [0.15, 0.2) is 0 Å². The van der Waals surface area contributed by atoms with Crippen molar-refractivity contribution in [3.63, 3.8) is 0 Å².